The quantitative estimate of drug-likeness (QED) is 0.535. The van der Waals surface area contributed by atoms with Crippen LogP contribution >= 0.6 is 11.3 Å². The molecule has 1 amide bonds. The number of amides is 1. The minimum atomic E-state index is -0.0960. The Hall–Kier alpha value is -2.99. The predicted octanol–water partition coefficient (Wildman–Crippen LogP) is 5.53. The number of hydrogen-bond donors (Lipinski definition) is 3. The largest absolute Gasteiger partial charge is 0.372 e. The van der Waals surface area contributed by atoms with E-state index in [9.17, 15) is 4.79 Å². The van der Waals surface area contributed by atoms with Crippen molar-refractivity contribution >= 4 is 39.3 Å². The van der Waals surface area contributed by atoms with Gasteiger partial charge in [-0.25, -0.2) is 0 Å². The van der Waals surface area contributed by atoms with Gasteiger partial charge in [-0.15, -0.1) is 11.3 Å². The Morgan fingerprint density at radius 1 is 1.00 bits per heavy atom. The third-order valence-electron chi connectivity index (χ3n) is 5.58. The zero-order valence-electron chi connectivity index (χ0n) is 16.2. The molecule has 2 aliphatic heterocycles. The third kappa shape index (κ3) is 3.68. The molecular formula is C23H24N4OS. The molecule has 3 N–H and O–H groups in total. The van der Waals surface area contributed by atoms with Crippen LogP contribution in [-0.4, -0.2) is 19.0 Å². The molecule has 1 fully saturated rings. The Morgan fingerprint density at radius 3 is 2.69 bits per heavy atom. The van der Waals surface area contributed by atoms with E-state index in [0.717, 1.165) is 29.5 Å². The highest BCUT2D eigenvalue weighted by Crippen LogP contribution is 2.39. The van der Waals surface area contributed by atoms with E-state index in [1.807, 2.05) is 35.7 Å². The first kappa shape index (κ1) is 18.1. The van der Waals surface area contributed by atoms with Crippen LogP contribution in [0.15, 0.2) is 60.0 Å². The second kappa shape index (κ2) is 7.79. The second-order valence-corrected chi connectivity index (χ2v) is 8.47. The number of para-hydroxylation sites is 1. The van der Waals surface area contributed by atoms with Gasteiger partial charge in [-0.1, -0.05) is 18.2 Å². The van der Waals surface area contributed by atoms with Crippen LogP contribution in [0.2, 0.25) is 0 Å². The highest BCUT2D eigenvalue weighted by atomic mass is 32.1. The lowest BCUT2D eigenvalue weighted by atomic mass is 10.1. The summed E-state index contributed by atoms with van der Waals surface area (Å²) in [4.78, 5) is 15.3. The molecule has 1 unspecified atom stereocenters. The van der Waals surface area contributed by atoms with Crippen molar-refractivity contribution in [1.29, 1.82) is 0 Å². The van der Waals surface area contributed by atoms with Gasteiger partial charge in [-0.2, -0.15) is 0 Å². The molecule has 3 aromatic rings. The van der Waals surface area contributed by atoms with Crippen molar-refractivity contribution in [2.45, 2.75) is 25.4 Å². The maximum Gasteiger partial charge on any atom is 0.258 e. The minimum absolute atomic E-state index is 0.0505. The molecule has 3 heterocycles. The predicted molar refractivity (Wildman–Crippen MR) is 121 cm³/mol. The van der Waals surface area contributed by atoms with Crippen LogP contribution < -0.4 is 20.9 Å². The van der Waals surface area contributed by atoms with Gasteiger partial charge in [-0.05, 0) is 66.6 Å². The minimum Gasteiger partial charge on any atom is -0.372 e. The van der Waals surface area contributed by atoms with Crippen molar-refractivity contribution in [3.05, 3.63) is 71.1 Å². The summed E-state index contributed by atoms with van der Waals surface area (Å²) in [5.74, 6) is -0.0960. The number of benzene rings is 2. The molecule has 2 aliphatic rings. The Balaban J connectivity index is 1.37. The van der Waals surface area contributed by atoms with Gasteiger partial charge in [0.05, 0.1) is 21.9 Å². The number of nitrogens with one attached hydrogen (secondary N) is 3. The van der Waals surface area contributed by atoms with Crippen LogP contribution in [0, 0.1) is 0 Å². The number of carbonyl (C=O) groups excluding carboxylic acids is 1. The Kier molecular flexibility index (Phi) is 4.86. The topological polar surface area (TPSA) is 56.4 Å². The summed E-state index contributed by atoms with van der Waals surface area (Å²) in [6.07, 6.45) is 3.80. The van der Waals surface area contributed by atoms with Gasteiger partial charge in [0.2, 0.25) is 0 Å². The summed E-state index contributed by atoms with van der Waals surface area (Å²) < 4.78 is 0. The zero-order valence-corrected chi connectivity index (χ0v) is 17.0. The summed E-state index contributed by atoms with van der Waals surface area (Å²) in [5, 5.41) is 12.8. The van der Waals surface area contributed by atoms with E-state index in [0.29, 0.717) is 5.56 Å². The maximum absolute atomic E-state index is 12.8. The second-order valence-electron chi connectivity index (χ2n) is 7.52. The number of carbonyl (C=O) groups is 1. The fourth-order valence-corrected chi connectivity index (χ4v) is 4.71. The zero-order chi connectivity index (χ0) is 19.6. The van der Waals surface area contributed by atoms with Crippen molar-refractivity contribution in [3.63, 3.8) is 0 Å². The molecule has 0 radical (unpaired) electrons. The summed E-state index contributed by atoms with van der Waals surface area (Å²) in [7, 11) is 0. The van der Waals surface area contributed by atoms with Gasteiger partial charge in [0.1, 0.15) is 6.17 Å². The average Bonchev–Trinajstić information content (AvgIpc) is 3.44. The lowest BCUT2D eigenvalue weighted by Gasteiger charge is -2.29. The highest BCUT2D eigenvalue weighted by Gasteiger charge is 2.26. The number of fused-ring (bicyclic) bond motifs is 1. The molecular weight excluding hydrogens is 380 g/mol. The average molecular weight is 405 g/mol. The molecule has 5 rings (SSSR count). The van der Waals surface area contributed by atoms with Gasteiger partial charge in [0.15, 0.2) is 0 Å². The molecule has 5 nitrogen and oxygen atoms in total. The Morgan fingerprint density at radius 2 is 1.86 bits per heavy atom. The Labute approximate surface area is 174 Å². The lowest BCUT2D eigenvalue weighted by molar-refractivity contribution is 0.102. The molecule has 0 aliphatic carbocycles. The summed E-state index contributed by atoms with van der Waals surface area (Å²) in [6, 6.07) is 18.3. The molecule has 2 aromatic carbocycles. The van der Waals surface area contributed by atoms with E-state index in [2.05, 4.69) is 45.1 Å². The number of nitrogens with zero attached hydrogens (tertiary/aromatic N) is 1. The molecule has 0 spiro atoms. The summed E-state index contributed by atoms with van der Waals surface area (Å²) >= 11 is 1.52. The third-order valence-corrected chi connectivity index (χ3v) is 6.37. The van der Waals surface area contributed by atoms with E-state index >= 15 is 0 Å². The van der Waals surface area contributed by atoms with Crippen molar-refractivity contribution < 1.29 is 4.79 Å². The molecule has 29 heavy (non-hydrogen) atoms. The van der Waals surface area contributed by atoms with Crippen molar-refractivity contribution in [1.82, 2.24) is 0 Å². The van der Waals surface area contributed by atoms with E-state index < -0.39 is 0 Å². The molecule has 148 valence electrons. The van der Waals surface area contributed by atoms with Gasteiger partial charge >= 0.3 is 0 Å². The van der Waals surface area contributed by atoms with Crippen LogP contribution in [0.1, 0.15) is 41.3 Å². The SMILES string of the molecule is O=C(Nc1cccs1)c1cccc2c1NC(c1cccc(N3CCCCC3)c1)N2. The monoisotopic (exact) mass is 404 g/mol. The number of anilines is 4. The van der Waals surface area contributed by atoms with E-state index in [1.165, 1.54) is 41.9 Å². The Bertz CT molecular complexity index is 1010. The van der Waals surface area contributed by atoms with Gasteiger partial charge in [-0.3, -0.25) is 4.79 Å². The van der Waals surface area contributed by atoms with Crippen molar-refractivity contribution in [2.24, 2.45) is 0 Å². The number of thiophene rings is 1. The lowest BCUT2D eigenvalue weighted by Crippen LogP contribution is -2.29. The first-order valence-corrected chi connectivity index (χ1v) is 11.0. The van der Waals surface area contributed by atoms with Crippen LogP contribution in [0.3, 0.4) is 0 Å². The first-order chi connectivity index (χ1) is 14.3. The summed E-state index contributed by atoms with van der Waals surface area (Å²) in [6.45, 7) is 2.25. The van der Waals surface area contributed by atoms with E-state index in [1.54, 1.807) is 0 Å². The number of rotatable bonds is 4. The van der Waals surface area contributed by atoms with Crippen molar-refractivity contribution in [2.75, 3.05) is 33.9 Å². The van der Waals surface area contributed by atoms with Gasteiger partial charge in [0, 0.05) is 18.8 Å². The normalized spacial score (nSPS) is 17.9. The van der Waals surface area contributed by atoms with Crippen LogP contribution in [0.25, 0.3) is 0 Å². The molecule has 1 atom stereocenters. The molecule has 6 heteroatoms. The van der Waals surface area contributed by atoms with E-state index in [4.69, 9.17) is 0 Å². The first-order valence-electron chi connectivity index (χ1n) is 10.1. The summed E-state index contributed by atoms with van der Waals surface area (Å²) in [5.41, 5.74) is 4.91. The standard InChI is InChI=1S/C23H24N4OS/c28-23(25-20-11-6-14-29-20)18-9-5-10-19-21(18)26-22(24-19)16-7-4-8-17(15-16)27-12-2-1-3-13-27/h4-11,14-15,22,24,26H,1-3,12-13H2,(H,25,28). The van der Waals surface area contributed by atoms with Crippen LogP contribution in [-0.2, 0) is 0 Å². The van der Waals surface area contributed by atoms with Crippen molar-refractivity contribution in [3.8, 4) is 0 Å². The fraction of sp³-hybridized carbons (Fsp3) is 0.261. The van der Waals surface area contributed by atoms with Crippen LogP contribution in [0.4, 0.5) is 22.1 Å². The number of hydrogen-bond acceptors (Lipinski definition) is 5. The highest BCUT2D eigenvalue weighted by molar-refractivity contribution is 7.14. The smallest absolute Gasteiger partial charge is 0.258 e. The van der Waals surface area contributed by atoms with Gasteiger partial charge < -0.3 is 20.9 Å². The number of piperidine rings is 1. The molecule has 0 bridgehead atoms. The fourth-order valence-electron chi connectivity index (χ4n) is 4.10. The molecule has 1 aromatic heterocycles. The maximum atomic E-state index is 12.8. The van der Waals surface area contributed by atoms with Gasteiger partial charge in [0.25, 0.3) is 5.91 Å². The van der Waals surface area contributed by atoms with E-state index in [-0.39, 0.29) is 12.1 Å². The molecule has 0 saturated carbocycles. The molecule has 1 saturated heterocycles. The van der Waals surface area contributed by atoms with Crippen LogP contribution in [0.5, 0.6) is 0 Å².